The molecular weight excluding hydrogens is 1010 g/mol. The van der Waals surface area contributed by atoms with Crippen LogP contribution in [0.2, 0.25) is 0 Å². The van der Waals surface area contributed by atoms with Gasteiger partial charge in [-0.25, -0.2) is 0 Å². The van der Waals surface area contributed by atoms with Gasteiger partial charge in [0.25, 0.3) is 7.82 Å². The van der Waals surface area contributed by atoms with Crippen LogP contribution < -0.4 is 10.2 Å². The lowest BCUT2D eigenvalue weighted by Crippen LogP contribution is -2.45. The minimum absolute atomic E-state index is 0.00996. The zero-order valence-corrected chi connectivity index (χ0v) is 54.2. The van der Waals surface area contributed by atoms with Crippen LogP contribution in [0.25, 0.3) is 0 Å². The highest BCUT2D eigenvalue weighted by Gasteiger charge is 2.23. The van der Waals surface area contributed by atoms with E-state index < -0.39 is 26.6 Å². The maximum Gasteiger partial charge on any atom is 0.268 e. The first kappa shape index (κ1) is 77.7. The fourth-order valence-electron chi connectivity index (χ4n) is 9.83. The van der Waals surface area contributed by atoms with Crippen molar-refractivity contribution in [3.8, 4) is 0 Å². The van der Waals surface area contributed by atoms with E-state index in [-0.39, 0.29) is 12.5 Å². The third-order valence-electron chi connectivity index (χ3n) is 15.1. The molecule has 9 heteroatoms. The van der Waals surface area contributed by atoms with Gasteiger partial charge in [0.1, 0.15) is 13.2 Å². The molecule has 0 aliphatic rings. The highest BCUT2D eigenvalue weighted by atomic mass is 31.2. The molecule has 0 fully saturated rings. The average molecular weight is 1140 g/mol. The molecule has 0 aromatic rings. The number of phosphoric acid groups is 1. The van der Waals surface area contributed by atoms with Crippen LogP contribution in [-0.4, -0.2) is 68.5 Å². The number of carbonyl (C=O) groups is 1. The normalized spacial score (nSPS) is 14.2. The molecule has 0 saturated heterocycles. The van der Waals surface area contributed by atoms with E-state index in [0.29, 0.717) is 17.4 Å². The van der Waals surface area contributed by atoms with Crippen LogP contribution in [0.15, 0.2) is 85.1 Å². The number of aliphatic hydroxyl groups excluding tert-OH is 1. The van der Waals surface area contributed by atoms with Gasteiger partial charge in [0.15, 0.2) is 0 Å². The Balaban J connectivity index is 4.08. The number of amides is 1. The van der Waals surface area contributed by atoms with Gasteiger partial charge < -0.3 is 28.8 Å². The molecule has 0 rings (SSSR count). The van der Waals surface area contributed by atoms with Crippen LogP contribution in [0.4, 0.5) is 0 Å². The number of rotatable bonds is 62. The molecule has 0 spiro atoms. The molecule has 0 aromatic carbocycles. The van der Waals surface area contributed by atoms with Crippen molar-refractivity contribution in [3.05, 3.63) is 85.1 Å². The first-order valence-corrected chi connectivity index (χ1v) is 35.4. The second-order valence-corrected chi connectivity index (χ2v) is 25.5. The number of nitrogens with one attached hydrogen (secondary N) is 1. The van der Waals surface area contributed by atoms with Crippen LogP contribution >= 0.6 is 7.82 Å². The smallest absolute Gasteiger partial charge is 0.268 e. The molecule has 80 heavy (non-hydrogen) atoms. The van der Waals surface area contributed by atoms with E-state index in [4.69, 9.17) is 9.05 Å². The van der Waals surface area contributed by atoms with E-state index in [9.17, 15) is 19.4 Å². The average Bonchev–Trinajstić information content (AvgIpc) is 3.42. The van der Waals surface area contributed by atoms with Crippen molar-refractivity contribution in [2.24, 2.45) is 0 Å². The summed E-state index contributed by atoms with van der Waals surface area (Å²) < 4.78 is 23.4. The van der Waals surface area contributed by atoms with Crippen LogP contribution in [-0.2, 0) is 18.4 Å². The second kappa shape index (κ2) is 61.2. The Labute approximate surface area is 497 Å². The Morgan fingerprint density at radius 1 is 0.450 bits per heavy atom. The molecule has 0 aliphatic carbocycles. The number of hydrogen-bond donors (Lipinski definition) is 2. The van der Waals surface area contributed by atoms with E-state index >= 15 is 0 Å². The van der Waals surface area contributed by atoms with Gasteiger partial charge in [-0.05, 0) is 83.5 Å². The van der Waals surface area contributed by atoms with Crippen LogP contribution in [0.5, 0.6) is 0 Å². The number of quaternary nitrogens is 1. The predicted molar refractivity (Wildman–Crippen MR) is 348 cm³/mol. The zero-order chi connectivity index (χ0) is 58.4. The Morgan fingerprint density at radius 3 is 1.16 bits per heavy atom. The predicted octanol–water partition coefficient (Wildman–Crippen LogP) is 20.9. The minimum atomic E-state index is -4.62. The summed E-state index contributed by atoms with van der Waals surface area (Å²) in [6.07, 6.45) is 87.1. The van der Waals surface area contributed by atoms with E-state index in [2.05, 4.69) is 92.1 Å². The van der Waals surface area contributed by atoms with Gasteiger partial charge in [-0.3, -0.25) is 9.36 Å². The molecule has 2 N–H and O–H groups in total. The molecular formula is C71H131N2O6P. The Kier molecular flexibility index (Phi) is 59.5. The second-order valence-electron chi connectivity index (χ2n) is 24.1. The van der Waals surface area contributed by atoms with Crippen LogP contribution in [0.1, 0.15) is 309 Å². The number of nitrogens with zero attached hydrogens (tertiary/aromatic N) is 1. The summed E-state index contributed by atoms with van der Waals surface area (Å²) in [5, 5.41) is 13.9. The van der Waals surface area contributed by atoms with Crippen LogP contribution in [0.3, 0.4) is 0 Å². The molecule has 3 unspecified atom stereocenters. The number of likely N-dealkylation sites (N-methyl/N-ethyl adjacent to an activating group) is 1. The number of allylic oxidation sites excluding steroid dienone is 13. The van der Waals surface area contributed by atoms with Crippen molar-refractivity contribution in [2.75, 3.05) is 40.9 Å². The molecule has 1 amide bonds. The molecule has 0 bridgehead atoms. The molecule has 0 aromatic heterocycles. The van der Waals surface area contributed by atoms with Gasteiger partial charge in [0.05, 0.1) is 39.9 Å². The number of phosphoric ester groups is 1. The monoisotopic (exact) mass is 1140 g/mol. The first-order valence-electron chi connectivity index (χ1n) is 33.9. The maximum absolute atomic E-state index is 13.0. The van der Waals surface area contributed by atoms with Crippen LogP contribution in [0, 0.1) is 0 Å². The molecule has 0 heterocycles. The van der Waals surface area contributed by atoms with Crippen molar-refractivity contribution >= 4 is 13.7 Å². The molecule has 3 atom stereocenters. The quantitative estimate of drug-likeness (QED) is 0.0272. The SMILES string of the molecule is CC/C=C\C/C=C\C/C=C\C/C=C\CCCCCCCCCCCCCCCCCCCCCCCCC(=O)NC(COP(=O)([O-])OCC[N+](C)(C)C)C(O)/C=C/CC/C=C/CC/C=C/CCCCCCCCCCCCCCC. The molecule has 0 radical (unpaired) electrons. The van der Waals surface area contributed by atoms with E-state index in [1.165, 1.54) is 218 Å². The third-order valence-corrected chi connectivity index (χ3v) is 16.0. The van der Waals surface area contributed by atoms with Crippen molar-refractivity contribution in [1.29, 1.82) is 0 Å². The van der Waals surface area contributed by atoms with E-state index in [1.807, 2.05) is 27.2 Å². The maximum atomic E-state index is 13.0. The minimum Gasteiger partial charge on any atom is -0.756 e. The summed E-state index contributed by atoms with van der Waals surface area (Å²) in [6, 6.07) is -0.913. The number of unbranched alkanes of at least 4 members (excludes halogenated alkanes) is 37. The molecule has 0 aliphatic heterocycles. The van der Waals surface area contributed by atoms with Crippen molar-refractivity contribution in [3.63, 3.8) is 0 Å². The Morgan fingerprint density at radius 2 is 0.775 bits per heavy atom. The fraction of sp³-hybridized carbons (Fsp3) is 0.789. The molecule has 0 saturated carbocycles. The standard InChI is InChI=1S/C71H131N2O6P/c1-6-8-10-12-14-16-18-20-22-24-26-28-30-31-32-33-34-35-36-37-38-39-40-41-43-45-47-49-51-53-55-57-59-61-63-65-71(75)72-69(68-79-80(76,77)78-67-66-73(3,4)5)70(74)64-62-60-58-56-54-52-50-48-46-44-42-29-27-25-23-21-19-17-15-13-11-9-7-2/h8,10,14,16,20,22,26,28,46,48,54,56,62,64,69-70,74H,6-7,9,11-13,15,17-19,21,23-25,27,29-45,47,49-53,55,57-61,63,65-68H2,1-5H3,(H-,72,75,76,77)/b10-8-,16-14-,22-20-,28-26-,48-46+,56-54+,64-62+. The summed E-state index contributed by atoms with van der Waals surface area (Å²) in [5.74, 6) is -0.208. The fourth-order valence-corrected chi connectivity index (χ4v) is 10.5. The van der Waals surface area contributed by atoms with Gasteiger partial charge in [-0.2, -0.15) is 0 Å². The van der Waals surface area contributed by atoms with Gasteiger partial charge in [0.2, 0.25) is 5.91 Å². The lowest BCUT2D eigenvalue weighted by molar-refractivity contribution is -0.870. The summed E-state index contributed by atoms with van der Waals surface area (Å²) in [4.78, 5) is 25.6. The third kappa shape index (κ3) is 63.3. The van der Waals surface area contributed by atoms with Gasteiger partial charge in [-0.1, -0.05) is 304 Å². The molecule has 8 nitrogen and oxygen atoms in total. The lowest BCUT2D eigenvalue weighted by Gasteiger charge is -2.29. The van der Waals surface area contributed by atoms with Gasteiger partial charge >= 0.3 is 0 Å². The van der Waals surface area contributed by atoms with Crippen molar-refractivity contribution in [2.45, 2.75) is 321 Å². The summed E-state index contributed by atoms with van der Waals surface area (Å²) >= 11 is 0. The van der Waals surface area contributed by atoms with E-state index in [1.54, 1.807) is 6.08 Å². The summed E-state index contributed by atoms with van der Waals surface area (Å²) in [5.41, 5.74) is 0. The summed E-state index contributed by atoms with van der Waals surface area (Å²) in [6.45, 7) is 4.54. The van der Waals surface area contributed by atoms with Crippen molar-refractivity contribution in [1.82, 2.24) is 5.32 Å². The lowest BCUT2D eigenvalue weighted by atomic mass is 10.0. The number of hydrogen-bond acceptors (Lipinski definition) is 6. The number of aliphatic hydroxyl groups is 1. The Hall–Kier alpha value is -2.32. The number of carbonyl (C=O) groups excluding carboxylic acids is 1. The first-order chi connectivity index (χ1) is 39.0. The summed E-state index contributed by atoms with van der Waals surface area (Å²) in [7, 11) is 1.24. The van der Waals surface area contributed by atoms with Crippen molar-refractivity contribution < 1.29 is 32.9 Å². The van der Waals surface area contributed by atoms with Gasteiger partial charge in [-0.15, -0.1) is 0 Å². The largest absolute Gasteiger partial charge is 0.756 e. The zero-order valence-electron chi connectivity index (χ0n) is 53.3. The van der Waals surface area contributed by atoms with Gasteiger partial charge in [0, 0.05) is 6.42 Å². The molecule has 466 valence electrons. The highest BCUT2D eigenvalue weighted by Crippen LogP contribution is 2.38. The van der Waals surface area contributed by atoms with E-state index in [0.717, 1.165) is 70.6 Å². The Bertz CT molecular complexity index is 1580. The highest BCUT2D eigenvalue weighted by molar-refractivity contribution is 7.45. The topological polar surface area (TPSA) is 108 Å².